The number of halogens is 1. The highest BCUT2D eigenvalue weighted by molar-refractivity contribution is 6.20. The fraction of sp³-hybridized carbons (Fsp3) is 0.571. The van der Waals surface area contributed by atoms with Crippen LogP contribution in [-0.2, 0) is 0 Å². The fourth-order valence-electron chi connectivity index (χ4n) is 2.47. The Balaban J connectivity index is 1.90. The van der Waals surface area contributed by atoms with Crippen molar-refractivity contribution in [2.45, 2.75) is 31.1 Å². The monoisotopic (exact) mass is 282 g/mol. The number of aromatic nitrogens is 1. The summed E-state index contributed by atoms with van der Waals surface area (Å²) in [5.74, 6) is 0.698. The van der Waals surface area contributed by atoms with Gasteiger partial charge in [0.05, 0.1) is 7.11 Å². The van der Waals surface area contributed by atoms with Gasteiger partial charge >= 0.3 is 0 Å². The topological polar surface area (TPSA) is 51.2 Å². The van der Waals surface area contributed by atoms with E-state index in [1.165, 1.54) is 7.11 Å². The third kappa shape index (κ3) is 3.83. The lowest BCUT2D eigenvalue weighted by Crippen LogP contribution is -2.32. The Hall–Kier alpha value is -1.29. The lowest BCUT2D eigenvalue weighted by molar-refractivity contribution is 0.0940. The van der Waals surface area contributed by atoms with Crippen LogP contribution in [0.25, 0.3) is 0 Å². The van der Waals surface area contributed by atoms with Crippen molar-refractivity contribution in [3.63, 3.8) is 0 Å². The average Bonchev–Trinajstić information content (AvgIpc) is 2.45. The van der Waals surface area contributed by atoms with Gasteiger partial charge in [0.2, 0.25) is 5.88 Å². The molecule has 0 aliphatic heterocycles. The molecule has 104 valence electrons. The first-order chi connectivity index (χ1) is 9.20. The third-order valence-corrected chi connectivity index (χ3v) is 3.88. The first-order valence-corrected chi connectivity index (χ1v) is 7.05. The van der Waals surface area contributed by atoms with Crippen molar-refractivity contribution < 1.29 is 9.53 Å². The molecule has 1 aromatic heterocycles. The van der Waals surface area contributed by atoms with E-state index in [0.717, 1.165) is 25.7 Å². The van der Waals surface area contributed by atoms with Gasteiger partial charge in [0.25, 0.3) is 5.91 Å². The Bertz CT molecular complexity index is 439. The van der Waals surface area contributed by atoms with Crippen LogP contribution in [0.1, 0.15) is 36.0 Å². The Labute approximate surface area is 118 Å². The standard InChI is InChI=1S/C14H19ClN2O2/c1-19-14-12(6-3-7-16-14)13(18)17-9-10-4-2-5-11(15)8-10/h3,6-7,10-11H,2,4-5,8-9H2,1H3,(H,17,18). The van der Waals surface area contributed by atoms with E-state index in [1.54, 1.807) is 18.3 Å². The molecule has 1 aliphatic carbocycles. The highest BCUT2D eigenvalue weighted by atomic mass is 35.5. The zero-order valence-corrected chi connectivity index (χ0v) is 11.8. The predicted octanol–water partition coefficient (Wildman–Crippen LogP) is 2.62. The molecule has 5 heteroatoms. The second-order valence-corrected chi connectivity index (χ2v) is 5.52. The van der Waals surface area contributed by atoms with Crippen LogP contribution in [0.4, 0.5) is 0 Å². The van der Waals surface area contributed by atoms with Crippen LogP contribution < -0.4 is 10.1 Å². The first-order valence-electron chi connectivity index (χ1n) is 6.62. The van der Waals surface area contributed by atoms with Gasteiger partial charge in [-0.15, -0.1) is 11.6 Å². The van der Waals surface area contributed by atoms with Gasteiger partial charge in [0.1, 0.15) is 5.56 Å². The molecular formula is C14H19ClN2O2. The lowest BCUT2D eigenvalue weighted by atomic mass is 9.89. The van der Waals surface area contributed by atoms with Gasteiger partial charge in [-0.1, -0.05) is 6.42 Å². The van der Waals surface area contributed by atoms with Gasteiger partial charge in [0, 0.05) is 18.1 Å². The molecule has 2 atom stereocenters. The highest BCUT2D eigenvalue weighted by Crippen LogP contribution is 2.27. The summed E-state index contributed by atoms with van der Waals surface area (Å²) in [5, 5.41) is 3.20. The number of methoxy groups -OCH3 is 1. The van der Waals surface area contributed by atoms with E-state index in [4.69, 9.17) is 16.3 Å². The van der Waals surface area contributed by atoms with Crippen molar-refractivity contribution in [2.24, 2.45) is 5.92 Å². The molecule has 0 radical (unpaired) electrons. The number of rotatable bonds is 4. The summed E-state index contributed by atoms with van der Waals surface area (Å²) < 4.78 is 5.08. The smallest absolute Gasteiger partial charge is 0.256 e. The molecule has 1 amide bonds. The normalized spacial score (nSPS) is 22.8. The van der Waals surface area contributed by atoms with E-state index >= 15 is 0 Å². The minimum atomic E-state index is -0.137. The van der Waals surface area contributed by atoms with Crippen molar-refractivity contribution in [1.82, 2.24) is 10.3 Å². The van der Waals surface area contributed by atoms with E-state index in [9.17, 15) is 4.79 Å². The van der Waals surface area contributed by atoms with Gasteiger partial charge in [0.15, 0.2) is 0 Å². The maximum Gasteiger partial charge on any atom is 0.256 e. The van der Waals surface area contributed by atoms with Gasteiger partial charge in [-0.2, -0.15) is 0 Å². The summed E-state index contributed by atoms with van der Waals surface area (Å²) in [7, 11) is 1.51. The minimum absolute atomic E-state index is 0.137. The number of hydrogen-bond acceptors (Lipinski definition) is 3. The molecule has 19 heavy (non-hydrogen) atoms. The fourth-order valence-corrected chi connectivity index (χ4v) is 2.88. The maximum atomic E-state index is 12.1. The highest BCUT2D eigenvalue weighted by Gasteiger charge is 2.21. The number of amides is 1. The van der Waals surface area contributed by atoms with Gasteiger partial charge in [-0.3, -0.25) is 4.79 Å². The lowest BCUT2D eigenvalue weighted by Gasteiger charge is -2.25. The summed E-state index contributed by atoms with van der Waals surface area (Å²) in [4.78, 5) is 16.1. The average molecular weight is 283 g/mol. The van der Waals surface area contributed by atoms with Gasteiger partial charge in [-0.05, 0) is 37.3 Å². The molecule has 0 aromatic carbocycles. The van der Waals surface area contributed by atoms with Gasteiger partial charge < -0.3 is 10.1 Å². The maximum absolute atomic E-state index is 12.1. The van der Waals surface area contributed by atoms with Crippen LogP contribution in [0.5, 0.6) is 5.88 Å². The summed E-state index contributed by atoms with van der Waals surface area (Å²) in [6.07, 6.45) is 5.95. The van der Waals surface area contributed by atoms with Crippen molar-refractivity contribution >= 4 is 17.5 Å². The Morgan fingerprint density at radius 2 is 2.42 bits per heavy atom. The number of carbonyl (C=O) groups is 1. The van der Waals surface area contributed by atoms with Crippen molar-refractivity contribution in [1.29, 1.82) is 0 Å². The molecule has 1 aromatic rings. The summed E-state index contributed by atoms with van der Waals surface area (Å²) in [5.41, 5.74) is 0.475. The van der Waals surface area contributed by atoms with Crippen LogP contribution in [0, 0.1) is 5.92 Å². The quantitative estimate of drug-likeness (QED) is 0.864. The van der Waals surface area contributed by atoms with Crippen LogP contribution in [0.2, 0.25) is 0 Å². The Morgan fingerprint density at radius 1 is 1.58 bits per heavy atom. The first kappa shape index (κ1) is 14.1. The molecule has 4 nitrogen and oxygen atoms in total. The zero-order valence-electron chi connectivity index (χ0n) is 11.1. The molecule has 1 heterocycles. The van der Waals surface area contributed by atoms with Crippen molar-refractivity contribution in [3.8, 4) is 5.88 Å². The molecule has 0 spiro atoms. The van der Waals surface area contributed by atoms with Crippen LogP contribution in [0.3, 0.4) is 0 Å². The number of pyridine rings is 1. The number of ether oxygens (including phenoxy) is 1. The molecule has 2 rings (SSSR count). The molecule has 1 aliphatic rings. The van der Waals surface area contributed by atoms with Crippen molar-refractivity contribution in [3.05, 3.63) is 23.9 Å². The van der Waals surface area contributed by atoms with Gasteiger partial charge in [-0.25, -0.2) is 4.98 Å². The minimum Gasteiger partial charge on any atom is -0.480 e. The van der Waals surface area contributed by atoms with E-state index < -0.39 is 0 Å². The third-order valence-electron chi connectivity index (χ3n) is 3.48. The molecule has 1 N–H and O–H groups in total. The second-order valence-electron chi connectivity index (χ2n) is 4.90. The van der Waals surface area contributed by atoms with E-state index in [1.807, 2.05) is 0 Å². The second kappa shape index (κ2) is 6.75. The zero-order chi connectivity index (χ0) is 13.7. The number of carbonyl (C=O) groups excluding carboxylic acids is 1. The molecule has 2 unspecified atom stereocenters. The SMILES string of the molecule is COc1ncccc1C(=O)NCC1CCCC(Cl)C1. The molecule has 1 fully saturated rings. The Kier molecular flexibility index (Phi) is 5.02. The van der Waals surface area contributed by atoms with E-state index in [0.29, 0.717) is 23.9 Å². The molecule has 0 saturated heterocycles. The van der Waals surface area contributed by atoms with Crippen LogP contribution >= 0.6 is 11.6 Å². The number of nitrogens with zero attached hydrogens (tertiary/aromatic N) is 1. The van der Waals surface area contributed by atoms with Crippen LogP contribution in [0.15, 0.2) is 18.3 Å². The number of alkyl halides is 1. The largest absolute Gasteiger partial charge is 0.480 e. The van der Waals surface area contributed by atoms with Crippen LogP contribution in [-0.4, -0.2) is 29.9 Å². The summed E-state index contributed by atoms with van der Waals surface area (Å²) in [6, 6.07) is 3.44. The summed E-state index contributed by atoms with van der Waals surface area (Å²) in [6.45, 7) is 0.667. The number of hydrogen-bond donors (Lipinski definition) is 1. The Morgan fingerprint density at radius 3 is 3.16 bits per heavy atom. The molecule has 0 bridgehead atoms. The molecule has 1 saturated carbocycles. The number of nitrogens with one attached hydrogen (secondary N) is 1. The van der Waals surface area contributed by atoms with E-state index in [-0.39, 0.29) is 11.3 Å². The van der Waals surface area contributed by atoms with E-state index in [2.05, 4.69) is 10.3 Å². The molecular weight excluding hydrogens is 264 g/mol. The predicted molar refractivity (Wildman–Crippen MR) is 74.7 cm³/mol. The summed E-state index contributed by atoms with van der Waals surface area (Å²) >= 11 is 6.15. The van der Waals surface area contributed by atoms with Crippen molar-refractivity contribution in [2.75, 3.05) is 13.7 Å².